The van der Waals surface area contributed by atoms with Gasteiger partial charge in [0.15, 0.2) is 17.3 Å². The molecule has 0 unspecified atom stereocenters. The topological polar surface area (TPSA) is 146 Å². The summed E-state index contributed by atoms with van der Waals surface area (Å²) in [4.78, 5) is 38.9. The van der Waals surface area contributed by atoms with Gasteiger partial charge in [-0.3, -0.25) is 14.5 Å². The van der Waals surface area contributed by atoms with Gasteiger partial charge in [0.25, 0.3) is 5.91 Å². The van der Waals surface area contributed by atoms with Gasteiger partial charge in [0.2, 0.25) is 6.43 Å². The molecule has 1 aliphatic heterocycles. The van der Waals surface area contributed by atoms with Crippen LogP contribution in [0.5, 0.6) is 0 Å². The summed E-state index contributed by atoms with van der Waals surface area (Å²) >= 11 is 6.41. The summed E-state index contributed by atoms with van der Waals surface area (Å²) in [6, 6.07) is 8.98. The fraction of sp³-hybridized carbons (Fsp3) is 0.472. The number of nitrogens with zero attached hydrogens (tertiary/aromatic N) is 8. The lowest BCUT2D eigenvalue weighted by Crippen LogP contribution is -2.48. The molecule has 2 aromatic carbocycles. The number of carbonyl (C=O) groups excluding carboxylic acids is 2. The number of amides is 1. The number of hydrogen-bond donors (Lipinski definition) is 1. The van der Waals surface area contributed by atoms with Crippen molar-refractivity contribution in [2.45, 2.75) is 89.1 Å². The molecule has 1 amide bonds. The van der Waals surface area contributed by atoms with Crippen LogP contribution in [-0.2, 0) is 19.9 Å². The minimum Gasteiger partial charge on any atom is -0.463 e. The summed E-state index contributed by atoms with van der Waals surface area (Å²) in [6.45, 7) is -1.42. The van der Waals surface area contributed by atoms with E-state index in [0.717, 1.165) is 24.1 Å². The Labute approximate surface area is 319 Å². The molecule has 2 N–H and O–H groups in total. The smallest absolute Gasteiger partial charge is 0.395 e. The van der Waals surface area contributed by atoms with Crippen LogP contribution in [-0.4, -0.2) is 71.7 Å². The van der Waals surface area contributed by atoms with Crippen LogP contribution in [0.1, 0.15) is 82.1 Å². The number of hydrogen-bond acceptors (Lipinski definition) is 9. The second kappa shape index (κ2) is 14.1. The van der Waals surface area contributed by atoms with Crippen molar-refractivity contribution in [2.24, 2.45) is 21.6 Å². The molecule has 12 nitrogen and oxygen atoms in total. The molecule has 0 spiro atoms. The number of ether oxygens (including phenoxy) is 1. The second-order valence-electron chi connectivity index (χ2n) is 15.0. The van der Waals surface area contributed by atoms with Gasteiger partial charge in [-0.1, -0.05) is 55.8 Å². The highest BCUT2D eigenvalue weighted by atomic mass is 35.5. The highest BCUT2D eigenvalue weighted by Gasteiger charge is 2.64. The van der Waals surface area contributed by atoms with Crippen molar-refractivity contribution >= 4 is 29.4 Å². The average molecular weight is 810 g/mol. The Morgan fingerprint density at radius 2 is 1.75 bits per heavy atom. The van der Waals surface area contributed by atoms with Crippen molar-refractivity contribution in [1.82, 2.24) is 34.7 Å². The van der Waals surface area contributed by atoms with Crippen LogP contribution in [0.25, 0.3) is 22.6 Å². The summed E-state index contributed by atoms with van der Waals surface area (Å²) in [6.07, 6.45) is -5.33. The second-order valence-corrected chi connectivity index (χ2v) is 15.4. The summed E-state index contributed by atoms with van der Waals surface area (Å²) in [5, 5.41) is 12.3. The van der Waals surface area contributed by atoms with Crippen molar-refractivity contribution in [3.63, 3.8) is 0 Å². The van der Waals surface area contributed by atoms with Crippen LogP contribution in [0.2, 0.25) is 5.02 Å². The predicted octanol–water partition coefficient (Wildman–Crippen LogP) is 7.64. The number of alkyl halides is 7. The first-order chi connectivity index (χ1) is 26.4. The molecule has 3 aliphatic rings. The van der Waals surface area contributed by atoms with Crippen LogP contribution in [0.15, 0.2) is 60.0 Å². The SMILES string of the molecule is CC(C)(C[C@]1(c2ccc(-c3cnn(C4CC4)n3)cc2)N=C(N)N([C@H](COC(=O)CC2(C(F)(F)F)CC2)c2ccc(Cl)c(-c3ncnn3C(F)F)c2)C1=O)C(F)F. The maximum Gasteiger partial charge on any atom is 0.395 e. The average Bonchev–Trinajstić information content (AvgIpc) is 4.01. The van der Waals surface area contributed by atoms with Gasteiger partial charge < -0.3 is 10.5 Å². The number of carbonyl (C=O) groups is 2. The van der Waals surface area contributed by atoms with E-state index in [1.807, 2.05) is 0 Å². The number of esters is 1. The number of aliphatic imine (C=N–C) groups is 1. The van der Waals surface area contributed by atoms with Crippen molar-refractivity contribution in [3.05, 3.63) is 71.1 Å². The largest absolute Gasteiger partial charge is 0.463 e. The molecule has 20 heteroatoms. The molecule has 2 aliphatic carbocycles. The third-order valence-corrected chi connectivity index (χ3v) is 10.8. The molecule has 0 saturated heterocycles. The number of aromatic nitrogens is 6. The highest BCUT2D eigenvalue weighted by molar-refractivity contribution is 6.33. The molecular weight excluding hydrogens is 775 g/mol. The first-order valence-electron chi connectivity index (χ1n) is 17.6. The number of benzene rings is 2. The van der Waals surface area contributed by atoms with Crippen LogP contribution in [0.4, 0.5) is 30.7 Å². The van der Waals surface area contributed by atoms with Crippen LogP contribution in [0.3, 0.4) is 0 Å². The molecule has 2 atom stereocenters. The molecule has 3 heterocycles. The Kier molecular flexibility index (Phi) is 9.90. The maximum atomic E-state index is 15.0. The molecule has 56 heavy (non-hydrogen) atoms. The number of guanidine groups is 1. The lowest BCUT2D eigenvalue weighted by atomic mass is 9.74. The summed E-state index contributed by atoms with van der Waals surface area (Å²) in [5.74, 6) is -3.00. The monoisotopic (exact) mass is 809 g/mol. The Hall–Kier alpha value is -5.07. The summed E-state index contributed by atoms with van der Waals surface area (Å²) < 4.78 is 104. The molecule has 2 saturated carbocycles. The van der Waals surface area contributed by atoms with E-state index < -0.39 is 78.8 Å². The zero-order valence-electron chi connectivity index (χ0n) is 29.9. The molecule has 2 fully saturated rings. The number of nitrogens with two attached hydrogens (primary N) is 1. The molecule has 2 aromatic heterocycles. The molecule has 0 radical (unpaired) electrons. The van der Waals surface area contributed by atoms with Gasteiger partial charge in [-0.25, -0.2) is 18.8 Å². The normalized spacial score (nSPS) is 20.2. The Bertz CT molecular complexity index is 2160. The Morgan fingerprint density at radius 1 is 1.05 bits per heavy atom. The van der Waals surface area contributed by atoms with Crippen molar-refractivity contribution in [3.8, 4) is 22.6 Å². The quantitative estimate of drug-likeness (QED) is 0.101. The zero-order valence-corrected chi connectivity index (χ0v) is 30.6. The van der Waals surface area contributed by atoms with Gasteiger partial charge >= 0.3 is 18.7 Å². The maximum absolute atomic E-state index is 15.0. The first-order valence-corrected chi connectivity index (χ1v) is 17.9. The predicted molar refractivity (Wildman–Crippen MR) is 186 cm³/mol. The van der Waals surface area contributed by atoms with E-state index in [1.165, 1.54) is 44.2 Å². The molecule has 4 aromatic rings. The fourth-order valence-corrected chi connectivity index (χ4v) is 7.09. The zero-order chi connectivity index (χ0) is 40.4. The van der Waals surface area contributed by atoms with E-state index in [0.29, 0.717) is 11.3 Å². The van der Waals surface area contributed by atoms with Crippen molar-refractivity contribution in [2.75, 3.05) is 6.61 Å². The minimum atomic E-state index is -4.67. The van der Waals surface area contributed by atoms with E-state index in [9.17, 15) is 40.3 Å². The Morgan fingerprint density at radius 3 is 2.36 bits per heavy atom. The van der Waals surface area contributed by atoms with E-state index >= 15 is 0 Å². The van der Waals surface area contributed by atoms with Crippen molar-refractivity contribution in [1.29, 1.82) is 0 Å². The van der Waals surface area contributed by atoms with Crippen molar-refractivity contribution < 1.29 is 45.1 Å². The summed E-state index contributed by atoms with van der Waals surface area (Å²) in [5.41, 5.74) is 1.63. The van der Waals surface area contributed by atoms with Gasteiger partial charge in [0.05, 0.1) is 35.1 Å². The molecule has 0 bridgehead atoms. The summed E-state index contributed by atoms with van der Waals surface area (Å²) in [7, 11) is 0. The number of halogens is 8. The molecular formula is C36H35ClF7N9O3. The van der Waals surface area contributed by atoms with Gasteiger partial charge in [0, 0.05) is 16.5 Å². The third-order valence-electron chi connectivity index (χ3n) is 10.5. The molecule has 298 valence electrons. The van der Waals surface area contributed by atoms with Gasteiger partial charge in [-0.15, -0.1) is 0 Å². The van der Waals surface area contributed by atoms with Gasteiger partial charge in [0.1, 0.15) is 18.6 Å². The fourth-order valence-electron chi connectivity index (χ4n) is 6.89. The standard InChI is InChI=1S/C36H35ClF7N9O3/c1-33(2,29(38)39)17-35(21-6-3-19(4-7-21)25-15-47-53(50-25)22-8-9-22)30(55)51(32(45)49-35)26(16-56-27(54)14-34(11-12-34)36(42,43)44)20-5-10-24(37)23(13-20)28-46-18-48-52(28)31(40)41/h3-7,10,13,15,18,22,26,29,31H,8-9,11-12,14,16-17H2,1-2H3,(H2,45,49)/t26-,35-/m1/s1. The van der Waals surface area contributed by atoms with Gasteiger partial charge in [-0.2, -0.15) is 46.7 Å². The highest BCUT2D eigenvalue weighted by Crippen LogP contribution is 2.60. The Balaban J connectivity index is 1.28. The van der Waals surface area contributed by atoms with Gasteiger partial charge in [-0.05, 0) is 55.4 Å². The number of rotatable bonds is 14. The van der Waals surface area contributed by atoms with E-state index in [2.05, 4.69) is 25.3 Å². The van der Waals surface area contributed by atoms with Crippen LogP contribution < -0.4 is 5.73 Å². The van der Waals surface area contributed by atoms with E-state index in [1.54, 1.807) is 23.1 Å². The van der Waals surface area contributed by atoms with E-state index in [4.69, 9.17) is 22.1 Å². The first kappa shape index (κ1) is 39.2. The van der Waals surface area contributed by atoms with Crippen LogP contribution >= 0.6 is 11.6 Å². The van der Waals surface area contributed by atoms with Crippen LogP contribution in [0, 0.1) is 10.8 Å². The third kappa shape index (κ3) is 7.20. The lowest BCUT2D eigenvalue weighted by molar-refractivity contribution is -0.195. The molecule has 7 rings (SSSR count). The van der Waals surface area contributed by atoms with E-state index in [-0.39, 0.29) is 51.1 Å². The minimum absolute atomic E-state index is 0.0579. The lowest BCUT2D eigenvalue weighted by Gasteiger charge is -2.36.